The standard InChI is InChI=1S/C16H24N2O/c1-2-3-4-5-6-7-11-14-17-18-16(19)15-12-9-8-10-13-15/h8-10,12-14H,2-7,11H2,1H3,(H,18,19). The summed E-state index contributed by atoms with van der Waals surface area (Å²) in [7, 11) is 0. The van der Waals surface area contributed by atoms with Crippen LogP contribution in [0.4, 0.5) is 0 Å². The summed E-state index contributed by atoms with van der Waals surface area (Å²) in [6.45, 7) is 2.22. The van der Waals surface area contributed by atoms with E-state index < -0.39 is 0 Å². The monoisotopic (exact) mass is 260 g/mol. The zero-order valence-electron chi connectivity index (χ0n) is 11.8. The molecule has 0 saturated carbocycles. The number of carbonyl (C=O) groups excluding carboxylic acids is 1. The molecule has 0 atom stereocenters. The highest BCUT2D eigenvalue weighted by molar-refractivity contribution is 5.94. The normalized spacial score (nSPS) is 10.8. The van der Waals surface area contributed by atoms with Crippen molar-refractivity contribution in [2.24, 2.45) is 5.10 Å². The maximum atomic E-state index is 11.6. The Kier molecular flexibility index (Phi) is 8.36. The Labute approximate surface area is 116 Å². The summed E-state index contributed by atoms with van der Waals surface area (Å²) >= 11 is 0. The lowest BCUT2D eigenvalue weighted by molar-refractivity contribution is 0.0955. The van der Waals surface area contributed by atoms with Crippen molar-refractivity contribution in [2.45, 2.75) is 51.9 Å². The number of nitrogens with one attached hydrogen (secondary N) is 1. The summed E-state index contributed by atoms with van der Waals surface area (Å²) in [5.41, 5.74) is 3.18. The fourth-order valence-corrected chi connectivity index (χ4v) is 1.84. The third-order valence-corrected chi connectivity index (χ3v) is 2.98. The molecule has 1 aromatic carbocycles. The van der Waals surface area contributed by atoms with Crippen molar-refractivity contribution in [2.75, 3.05) is 0 Å². The second kappa shape index (κ2) is 10.3. The van der Waals surface area contributed by atoms with Crippen molar-refractivity contribution in [1.82, 2.24) is 5.43 Å². The summed E-state index contributed by atoms with van der Waals surface area (Å²) in [6, 6.07) is 9.12. The molecule has 104 valence electrons. The lowest BCUT2D eigenvalue weighted by Crippen LogP contribution is -2.17. The minimum absolute atomic E-state index is 0.153. The van der Waals surface area contributed by atoms with Gasteiger partial charge in [0.25, 0.3) is 5.91 Å². The summed E-state index contributed by atoms with van der Waals surface area (Å²) < 4.78 is 0. The van der Waals surface area contributed by atoms with Gasteiger partial charge in [-0.15, -0.1) is 0 Å². The number of unbranched alkanes of at least 4 members (excludes halogenated alkanes) is 6. The van der Waals surface area contributed by atoms with Gasteiger partial charge in [0.15, 0.2) is 0 Å². The predicted octanol–water partition coefficient (Wildman–Crippen LogP) is 4.15. The molecule has 0 aliphatic carbocycles. The Balaban J connectivity index is 2.06. The molecule has 0 heterocycles. The third kappa shape index (κ3) is 7.39. The summed E-state index contributed by atoms with van der Waals surface area (Å²) in [5.74, 6) is -0.153. The summed E-state index contributed by atoms with van der Waals surface area (Å²) in [4.78, 5) is 11.6. The van der Waals surface area contributed by atoms with Gasteiger partial charge in [0.05, 0.1) is 0 Å². The molecule has 3 heteroatoms. The van der Waals surface area contributed by atoms with Crippen LogP contribution in [0.5, 0.6) is 0 Å². The maximum absolute atomic E-state index is 11.6. The Bertz CT molecular complexity index is 374. The van der Waals surface area contributed by atoms with E-state index in [1.165, 1.54) is 32.1 Å². The van der Waals surface area contributed by atoms with Gasteiger partial charge in [-0.1, -0.05) is 57.2 Å². The first kappa shape index (κ1) is 15.4. The maximum Gasteiger partial charge on any atom is 0.271 e. The van der Waals surface area contributed by atoms with Gasteiger partial charge in [0.1, 0.15) is 0 Å². The molecular weight excluding hydrogens is 236 g/mol. The van der Waals surface area contributed by atoms with Crippen LogP contribution in [-0.2, 0) is 0 Å². The van der Waals surface area contributed by atoms with E-state index in [-0.39, 0.29) is 5.91 Å². The van der Waals surface area contributed by atoms with Gasteiger partial charge in [-0.3, -0.25) is 4.79 Å². The van der Waals surface area contributed by atoms with Crippen molar-refractivity contribution < 1.29 is 4.79 Å². The Morgan fingerprint density at radius 1 is 1.11 bits per heavy atom. The highest BCUT2D eigenvalue weighted by atomic mass is 16.2. The zero-order chi connectivity index (χ0) is 13.8. The van der Waals surface area contributed by atoms with Gasteiger partial charge in [0, 0.05) is 11.8 Å². The molecule has 0 aliphatic heterocycles. The van der Waals surface area contributed by atoms with E-state index in [0.717, 1.165) is 12.8 Å². The van der Waals surface area contributed by atoms with Crippen molar-refractivity contribution in [3.63, 3.8) is 0 Å². The number of hydrazone groups is 1. The van der Waals surface area contributed by atoms with Crippen LogP contribution < -0.4 is 5.43 Å². The molecule has 0 aromatic heterocycles. The largest absolute Gasteiger partial charge is 0.271 e. The van der Waals surface area contributed by atoms with Crippen LogP contribution in [-0.4, -0.2) is 12.1 Å². The fourth-order valence-electron chi connectivity index (χ4n) is 1.84. The van der Waals surface area contributed by atoms with E-state index in [2.05, 4.69) is 17.5 Å². The minimum Gasteiger partial charge on any atom is -0.267 e. The fraction of sp³-hybridized carbons (Fsp3) is 0.500. The molecule has 1 aromatic rings. The van der Waals surface area contributed by atoms with Crippen LogP contribution in [0.1, 0.15) is 62.2 Å². The molecule has 0 spiro atoms. The van der Waals surface area contributed by atoms with Gasteiger partial charge < -0.3 is 0 Å². The molecule has 0 fully saturated rings. The first-order chi connectivity index (χ1) is 9.34. The van der Waals surface area contributed by atoms with Crippen LogP contribution in [0.3, 0.4) is 0 Å². The Morgan fingerprint density at radius 2 is 1.79 bits per heavy atom. The molecular formula is C16H24N2O. The van der Waals surface area contributed by atoms with Crippen LogP contribution in [0.25, 0.3) is 0 Å². The van der Waals surface area contributed by atoms with Gasteiger partial charge in [0.2, 0.25) is 0 Å². The molecule has 1 rings (SSSR count). The van der Waals surface area contributed by atoms with Crippen molar-refractivity contribution in [1.29, 1.82) is 0 Å². The molecule has 19 heavy (non-hydrogen) atoms. The van der Waals surface area contributed by atoms with E-state index >= 15 is 0 Å². The van der Waals surface area contributed by atoms with E-state index in [9.17, 15) is 4.79 Å². The number of carbonyl (C=O) groups is 1. The number of rotatable bonds is 9. The molecule has 0 unspecified atom stereocenters. The number of hydrogen-bond acceptors (Lipinski definition) is 2. The van der Waals surface area contributed by atoms with Crippen LogP contribution in [0.2, 0.25) is 0 Å². The summed E-state index contributed by atoms with van der Waals surface area (Å²) in [6.07, 6.45) is 10.4. The molecule has 0 saturated heterocycles. The Hall–Kier alpha value is -1.64. The van der Waals surface area contributed by atoms with E-state index in [4.69, 9.17) is 0 Å². The summed E-state index contributed by atoms with van der Waals surface area (Å²) in [5, 5.41) is 3.96. The quantitative estimate of drug-likeness (QED) is 0.404. The lowest BCUT2D eigenvalue weighted by Gasteiger charge is -1.99. The van der Waals surface area contributed by atoms with Crippen LogP contribution in [0, 0.1) is 0 Å². The van der Waals surface area contributed by atoms with Gasteiger partial charge in [-0.2, -0.15) is 5.10 Å². The topological polar surface area (TPSA) is 41.5 Å². The molecule has 0 bridgehead atoms. The molecule has 3 nitrogen and oxygen atoms in total. The van der Waals surface area contributed by atoms with Crippen molar-refractivity contribution in [3.05, 3.63) is 35.9 Å². The SMILES string of the molecule is CCCCCCCCC=NNC(=O)c1ccccc1. The number of nitrogens with zero attached hydrogens (tertiary/aromatic N) is 1. The zero-order valence-corrected chi connectivity index (χ0v) is 11.8. The van der Waals surface area contributed by atoms with Crippen molar-refractivity contribution >= 4 is 12.1 Å². The minimum atomic E-state index is -0.153. The first-order valence-corrected chi connectivity index (χ1v) is 7.21. The third-order valence-electron chi connectivity index (χ3n) is 2.98. The predicted molar refractivity (Wildman–Crippen MR) is 80.4 cm³/mol. The Morgan fingerprint density at radius 3 is 2.53 bits per heavy atom. The van der Waals surface area contributed by atoms with E-state index in [1.54, 1.807) is 18.3 Å². The van der Waals surface area contributed by atoms with Crippen LogP contribution in [0.15, 0.2) is 35.4 Å². The molecule has 1 N–H and O–H groups in total. The number of benzene rings is 1. The highest BCUT2D eigenvalue weighted by Gasteiger charge is 2.00. The van der Waals surface area contributed by atoms with E-state index in [1.807, 2.05) is 18.2 Å². The number of hydrogen-bond donors (Lipinski definition) is 1. The smallest absolute Gasteiger partial charge is 0.267 e. The van der Waals surface area contributed by atoms with Gasteiger partial charge in [-0.25, -0.2) is 5.43 Å². The molecule has 0 radical (unpaired) electrons. The molecule has 1 amide bonds. The first-order valence-electron chi connectivity index (χ1n) is 7.21. The average Bonchev–Trinajstić information content (AvgIpc) is 2.46. The van der Waals surface area contributed by atoms with Gasteiger partial charge >= 0.3 is 0 Å². The number of amides is 1. The van der Waals surface area contributed by atoms with E-state index in [0.29, 0.717) is 5.56 Å². The lowest BCUT2D eigenvalue weighted by atomic mass is 10.1. The highest BCUT2D eigenvalue weighted by Crippen LogP contribution is 2.05. The van der Waals surface area contributed by atoms with Gasteiger partial charge in [-0.05, 0) is 25.0 Å². The van der Waals surface area contributed by atoms with Crippen molar-refractivity contribution in [3.8, 4) is 0 Å². The van der Waals surface area contributed by atoms with Crippen LogP contribution >= 0.6 is 0 Å². The second-order valence-corrected chi connectivity index (χ2v) is 4.68. The molecule has 0 aliphatic rings. The second-order valence-electron chi connectivity index (χ2n) is 4.68. The average molecular weight is 260 g/mol.